The molecule has 1 nitrogen and oxygen atoms in total. The van der Waals surface area contributed by atoms with E-state index in [1.807, 2.05) is 0 Å². The third-order valence-electron chi connectivity index (χ3n) is 4.24. The van der Waals surface area contributed by atoms with E-state index in [1.165, 1.54) is 31.7 Å². The summed E-state index contributed by atoms with van der Waals surface area (Å²) in [5, 5.41) is 0.441. The molecule has 1 aliphatic rings. The molecule has 0 radical (unpaired) electrons. The fourth-order valence-electron chi connectivity index (χ4n) is 2.98. The van der Waals surface area contributed by atoms with Gasteiger partial charge in [0.2, 0.25) is 0 Å². The molecule has 1 saturated carbocycles. The summed E-state index contributed by atoms with van der Waals surface area (Å²) in [4.78, 5) is 0. The van der Waals surface area contributed by atoms with Crippen LogP contribution in [0.15, 0.2) is 18.2 Å². The Balaban J connectivity index is 1.97. The highest BCUT2D eigenvalue weighted by Gasteiger charge is 2.28. The summed E-state index contributed by atoms with van der Waals surface area (Å²) in [5.41, 5.74) is 6.92. The zero-order chi connectivity index (χ0) is 13.1. The molecule has 0 amide bonds. The molecule has 0 saturated heterocycles. The van der Waals surface area contributed by atoms with Gasteiger partial charge < -0.3 is 5.73 Å². The van der Waals surface area contributed by atoms with Crippen LogP contribution in [0, 0.1) is 17.7 Å². The SMILES string of the molecule is CCC1CCC(C(N)Cc2ccc(Cl)cc2F)C1. The first-order chi connectivity index (χ1) is 8.60. The zero-order valence-corrected chi connectivity index (χ0v) is 11.6. The number of hydrogen-bond acceptors (Lipinski definition) is 1. The summed E-state index contributed by atoms with van der Waals surface area (Å²) < 4.78 is 13.7. The molecule has 0 bridgehead atoms. The molecule has 100 valence electrons. The first-order valence-corrected chi connectivity index (χ1v) is 7.17. The molecule has 0 spiro atoms. The van der Waals surface area contributed by atoms with Crippen molar-refractivity contribution in [3.05, 3.63) is 34.6 Å². The van der Waals surface area contributed by atoms with E-state index in [1.54, 1.807) is 12.1 Å². The molecule has 18 heavy (non-hydrogen) atoms. The van der Waals surface area contributed by atoms with E-state index in [2.05, 4.69) is 6.92 Å². The van der Waals surface area contributed by atoms with Crippen LogP contribution >= 0.6 is 11.6 Å². The van der Waals surface area contributed by atoms with Gasteiger partial charge in [0.1, 0.15) is 5.82 Å². The van der Waals surface area contributed by atoms with Crippen molar-refractivity contribution in [2.45, 2.75) is 45.1 Å². The Morgan fingerprint density at radius 2 is 2.22 bits per heavy atom. The molecule has 2 rings (SSSR count). The Morgan fingerprint density at radius 1 is 1.44 bits per heavy atom. The third kappa shape index (κ3) is 3.24. The first-order valence-electron chi connectivity index (χ1n) is 6.79. The van der Waals surface area contributed by atoms with Crippen LogP contribution < -0.4 is 5.73 Å². The van der Waals surface area contributed by atoms with Crippen LogP contribution in [0.5, 0.6) is 0 Å². The molecule has 1 fully saturated rings. The summed E-state index contributed by atoms with van der Waals surface area (Å²) in [6, 6.07) is 4.92. The van der Waals surface area contributed by atoms with E-state index in [9.17, 15) is 4.39 Å². The maximum absolute atomic E-state index is 13.7. The Kier molecular flexibility index (Phi) is 4.63. The number of nitrogens with two attached hydrogens (primary N) is 1. The van der Waals surface area contributed by atoms with Gasteiger partial charge >= 0.3 is 0 Å². The normalized spacial score (nSPS) is 25.3. The Labute approximate surface area is 114 Å². The van der Waals surface area contributed by atoms with Crippen LogP contribution in [0.2, 0.25) is 5.02 Å². The highest BCUT2D eigenvalue weighted by molar-refractivity contribution is 6.30. The van der Waals surface area contributed by atoms with Gasteiger partial charge in [-0.15, -0.1) is 0 Å². The topological polar surface area (TPSA) is 26.0 Å². The van der Waals surface area contributed by atoms with E-state index in [0.29, 0.717) is 22.9 Å². The minimum Gasteiger partial charge on any atom is -0.327 e. The van der Waals surface area contributed by atoms with Gasteiger partial charge in [-0.2, -0.15) is 0 Å². The molecule has 3 atom stereocenters. The predicted molar refractivity (Wildman–Crippen MR) is 74.2 cm³/mol. The summed E-state index contributed by atoms with van der Waals surface area (Å²) in [7, 11) is 0. The van der Waals surface area contributed by atoms with Crippen LogP contribution in [0.4, 0.5) is 4.39 Å². The lowest BCUT2D eigenvalue weighted by atomic mass is 9.91. The second kappa shape index (κ2) is 6.03. The third-order valence-corrected chi connectivity index (χ3v) is 4.47. The smallest absolute Gasteiger partial charge is 0.127 e. The average molecular weight is 270 g/mol. The van der Waals surface area contributed by atoms with Gasteiger partial charge in [-0.05, 0) is 48.8 Å². The van der Waals surface area contributed by atoms with Gasteiger partial charge in [-0.3, -0.25) is 0 Å². The van der Waals surface area contributed by atoms with Gasteiger partial charge in [0.15, 0.2) is 0 Å². The van der Waals surface area contributed by atoms with E-state index < -0.39 is 0 Å². The number of halogens is 2. The fourth-order valence-corrected chi connectivity index (χ4v) is 3.14. The maximum atomic E-state index is 13.7. The Morgan fingerprint density at radius 3 is 2.83 bits per heavy atom. The van der Waals surface area contributed by atoms with Crippen molar-refractivity contribution in [3.63, 3.8) is 0 Å². The van der Waals surface area contributed by atoms with Crippen LogP contribution in [0.1, 0.15) is 38.2 Å². The largest absolute Gasteiger partial charge is 0.327 e. The van der Waals surface area contributed by atoms with Crippen LogP contribution in [0.25, 0.3) is 0 Å². The molecular weight excluding hydrogens is 249 g/mol. The molecule has 2 N–H and O–H groups in total. The number of hydrogen-bond donors (Lipinski definition) is 1. The van der Waals surface area contributed by atoms with Crippen molar-refractivity contribution >= 4 is 11.6 Å². The van der Waals surface area contributed by atoms with Crippen molar-refractivity contribution < 1.29 is 4.39 Å². The average Bonchev–Trinajstić information content (AvgIpc) is 2.81. The second-order valence-electron chi connectivity index (χ2n) is 5.45. The van der Waals surface area contributed by atoms with Gasteiger partial charge in [-0.1, -0.05) is 37.4 Å². The van der Waals surface area contributed by atoms with E-state index in [-0.39, 0.29) is 11.9 Å². The van der Waals surface area contributed by atoms with Crippen molar-refractivity contribution in [2.75, 3.05) is 0 Å². The van der Waals surface area contributed by atoms with Gasteiger partial charge in [0, 0.05) is 11.1 Å². The highest BCUT2D eigenvalue weighted by Crippen LogP contribution is 2.35. The molecule has 0 aromatic heterocycles. The first kappa shape index (κ1) is 13.8. The summed E-state index contributed by atoms with van der Waals surface area (Å²) >= 11 is 5.75. The molecule has 1 aromatic carbocycles. The molecule has 3 heteroatoms. The lowest BCUT2D eigenvalue weighted by Gasteiger charge is -2.19. The molecule has 1 aromatic rings. The Hall–Kier alpha value is -0.600. The minimum atomic E-state index is -0.233. The van der Waals surface area contributed by atoms with Crippen molar-refractivity contribution in [2.24, 2.45) is 17.6 Å². The van der Waals surface area contributed by atoms with Crippen LogP contribution in [-0.4, -0.2) is 6.04 Å². The lowest BCUT2D eigenvalue weighted by Crippen LogP contribution is -2.31. The van der Waals surface area contributed by atoms with Gasteiger partial charge in [0.05, 0.1) is 0 Å². The standard InChI is InChI=1S/C15H21ClFN/c1-2-10-3-4-12(7-10)15(18)8-11-5-6-13(16)9-14(11)17/h5-6,9-10,12,15H,2-4,7-8,18H2,1H3. The quantitative estimate of drug-likeness (QED) is 0.872. The minimum absolute atomic E-state index is 0.0669. The molecule has 0 heterocycles. The lowest BCUT2D eigenvalue weighted by molar-refractivity contribution is 0.401. The molecular formula is C15H21ClFN. The number of rotatable bonds is 4. The van der Waals surface area contributed by atoms with Crippen molar-refractivity contribution in [1.82, 2.24) is 0 Å². The highest BCUT2D eigenvalue weighted by atomic mass is 35.5. The van der Waals surface area contributed by atoms with Crippen LogP contribution in [0.3, 0.4) is 0 Å². The monoisotopic (exact) mass is 269 g/mol. The van der Waals surface area contributed by atoms with E-state index >= 15 is 0 Å². The summed E-state index contributed by atoms with van der Waals surface area (Å²) in [5.74, 6) is 1.13. The fraction of sp³-hybridized carbons (Fsp3) is 0.600. The van der Waals surface area contributed by atoms with Crippen molar-refractivity contribution in [3.8, 4) is 0 Å². The predicted octanol–water partition coefficient (Wildman–Crippen LogP) is 4.18. The van der Waals surface area contributed by atoms with Gasteiger partial charge in [0.25, 0.3) is 0 Å². The number of benzene rings is 1. The second-order valence-corrected chi connectivity index (χ2v) is 5.89. The van der Waals surface area contributed by atoms with E-state index in [4.69, 9.17) is 17.3 Å². The molecule has 1 aliphatic carbocycles. The summed E-state index contributed by atoms with van der Waals surface area (Å²) in [6.07, 6.45) is 5.52. The van der Waals surface area contributed by atoms with Crippen LogP contribution in [-0.2, 0) is 6.42 Å². The molecule has 0 aliphatic heterocycles. The van der Waals surface area contributed by atoms with Gasteiger partial charge in [-0.25, -0.2) is 4.39 Å². The maximum Gasteiger partial charge on any atom is 0.127 e. The van der Waals surface area contributed by atoms with E-state index in [0.717, 1.165) is 5.92 Å². The molecule has 3 unspecified atom stereocenters. The summed E-state index contributed by atoms with van der Waals surface area (Å²) in [6.45, 7) is 2.23. The van der Waals surface area contributed by atoms with Crippen molar-refractivity contribution in [1.29, 1.82) is 0 Å². The Bertz CT molecular complexity index is 407. The zero-order valence-electron chi connectivity index (χ0n) is 10.8.